The van der Waals surface area contributed by atoms with E-state index in [4.69, 9.17) is 5.73 Å². The molecule has 0 fully saturated rings. The lowest BCUT2D eigenvalue weighted by Crippen LogP contribution is -2.35. The molecule has 2 amide bonds. The van der Waals surface area contributed by atoms with Crippen LogP contribution in [0.15, 0.2) is 54.6 Å². The number of benzene rings is 2. The van der Waals surface area contributed by atoms with Gasteiger partial charge in [0.05, 0.1) is 5.92 Å². The second-order valence-corrected chi connectivity index (χ2v) is 5.72. The minimum Gasteiger partial charge on any atom is -0.355 e. The van der Waals surface area contributed by atoms with Gasteiger partial charge in [-0.2, -0.15) is 0 Å². The van der Waals surface area contributed by atoms with E-state index < -0.39 is 0 Å². The van der Waals surface area contributed by atoms with Crippen LogP contribution in [0.4, 0.5) is 0 Å². The Labute approximate surface area is 142 Å². The predicted molar refractivity (Wildman–Crippen MR) is 94.2 cm³/mol. The minimum absolute atomic E-state index is 0.0956. The first-order chi connectivity index (χ1) is 11.5. The smallest absolute Gasteiger partial charge is 0.251 e. The number of rotatable bonds is 6. The highest BCUT2D eigenvalue weighted by Crippen LogP contribution is 2.19. The molecule has 5 heteroatoms. The fourth-order valence-electron chi connectivity index (χ4n) is 2.40. The van der Waals surface area contributed by atoms with Crippen molar-refractivity contribution in [2.24, 2.45) is 11.7 Å². The van der Waals surface area contributed by atoms with Gasteiger partial charge in [-0.1, -0.05) is 49.4 Å². The lowest BCUT2D eigenvalue weighted by atomic mass is 9.94. The average Bonchev–Trinajstić information content (AvgIpc) is 2.65. The first-order valence-electron chi connectivity index (χ1n) is 7.92. The van der Waals surface area contributed by atoms with Crippen molar-refractivity contribution in [3.05, 3.63) is 71.3 Å². The third-order valence-electron chi connectivity index (χ3n) is 4.05. The summed E-state index contributed by atoms with van der Waals surface area (Å²) in [7, 11) is 1.59. The van der Waals surface area contributed by atoms with Gasteiger partial charge in [0.2, 0.25) is 5.91 Å². The molecule has 2 atom stereocenters. The van der Waals surface area contributed by atoms with E-state index in [0.717, 1.165) is 11.1 Å². The molecule has 4 N–H and O–H groups in total. The third kappa shape index (κ3) is 4.43. The Morgan fingerprint density at radius 3 is 2.25 bits per heavy atom. The number of hydrogen-bond acceptors (Lipinski definition) is 3. The van der Waals surface area contributed by atoms with Gasteiger partial charge in [0.1, 0.15) is 0 Å². The molecule has 0 bridgehead atoms. The van der Waals surface area contributed by atoms with Crippen molar-refractivity contribution in [3.63, 3.8) is 0 Å². The van der Waals surface area contributed by atoms with Crippen LogP contribution in [0.3, 0.4) is 0 Å². The first-order valence-corrected chi connectivity index (χ1v) is 7.92. The summed E-state index contributed by atoms with van der Waals surface area (Å²) in [6.45, 7) is 2.22. The zero-order chi connectivity index (χ0) is 17.5. The van der Waals surface area contributed by atoms with Crippen LogP contribution >= 0.6 is 0 Å². The maximum atomic E-state index is 12.3. The molecule has 2 aromatic carbocycles. The lowest BCUT2D eigenvalue weighted by molar-refractivity contribution is -0.125. The van der Waals surface area contributed by atoms with Crippen molar-refractivity contribution in [2.45, 2.75) is 19.5 Å². The monoisotopic (exact) mass is 325 g/mol. The van der Waals surface area contributed by atoms with Gasteiger partial charge >= 0.3 is 0 Å². The maximum Gasteiger partial charge on any atom is 0.251 e. The van der Waals surface area contributed by atoms with Crippen LogP contribution in [0, 0.1) is 5.92 Å². The summed E-state index contributed by atoms with van der Waals surface area (Å²) < 4.78 is 0. The van der Waals surface area contributed by atoms with Crippen molar-refractivity contribution in [2.75, 3.05) is 7.05 Å². The van der Waals surface area contributed by atoms with E-state index in [9.17, 15) is 9.59 Å². The van der Waals surface area contributed by atoms with Crippen molar-refractivity contribution < 1.29 is 9.59 Å². The van der Waals surface area contributed by atoms with Crippen LogP contribution < -0.4 is 16.4 Å². The fourth-order valence-corrected chi connectivity index (χ4v) is 2.40. The number of carbonyl (C=O) groups excluding carboxylic acids is 2. The highest BCUT2D eigenvalue weighted by atomic mass is 16.2. The van der Waals surface area contributed by atoms with Crippen LogP contribution in [-0.4, -0.2) is 18.9 Å². The van der Waals surface area contributed by atoms with Gasteiger partial charge in [-0.3, -0.25) is 9.59 Å². The molecule has 0 saturated carbocycles. The van der Waals surface area contributed by atoms with E-state index in [1.165, 1.54) is 0 Å². The average molecular weight is 325 g/mol. The molecule has 2 aromatic rings. The van der Waals surface area contributed by atoms with Gasteiger partial charge in [-0.15, -0.1) is 0 Å². The Morgan fingerprint density at radius 2 is 1.67 bits per heavy atom. The largest absolute Gasteiger partial charge is 0.355 e. The molecule has 2 unspecified atom stereocenters. The van der Waals surface area contributed by atoms with Crippen LogP contribution in [0.2, 0.25) is 0 Å². The Balaban J connectivity index is 1.91. The quantitative estimate of drug-likeness (QED) is 0.759. The zero-order valence-corrected chi connectivity index (χ0v) is 14.0. The summed E-state index contributed by atoms with van der Waals surface area (Å²) in [6.07, 6.45) is 0. The Kier molecular flexibility index (Phi) is 6.09. The zero-order valence-electron chi connectivity index (χ0n) is 14.0. The standard InChI is InChI=1S/C19H23N3O2/c1-13(17(20)15-6-4-3-5-7-15)18(23)22-12-14-8-10-16(11-9-14)19(24)21-2/h3-11,13,17H,12,20H2,1-2H3,(H,21,24)(H,22,23). The molecule has 5 nitrogen and oxygen atoms in total. The Hall–Kier alpha value is -2.66. The normalized spacial score (nSPS) is 13.0. The minimum atomic E-state index is -0.346. The van der Waals surface area contributed by atoms with Gasteiger partial charge in [-0.05, 0) is 23.3 Å². The first kappa shape index (κ1) is 17.7. The molecule has 0 aliphatic heterocycles. The second kappa shape index (κ2) is 8.26. The molecule has 0 aliphatic carbocycles. The fraction of sp³-hybridized carbons (Fsp3) is 0.263. The van der Waals surface area contributed by atoms with E-state index in [1.807, 2.05) is 49.4 Å². The second-order valence-electron chi connectivity index (χ2n) is 5.72. The number of nitrogens with one attached hydrogen (secondary N) is 2. The van der Waals surface area contributed by atoms with E-state index in [1.54, 1.807) is 19.2 Å². The van der Waals surface area contributed by atoms with Crippen LogP contribution in [-0.2, 0) is 11.3 Å². The molecule has 0 spiro atoms. The molecule has 0 radical (unpaired) electrons. The van der Waals surface area contributed by atoms with E-state index in [2.05, 4.69) is 10.6 Å². The van der Waals surface area contributed by atoms with Crippen molar-refractivity contribution in [1.82, 2.24) is 10.6 Å². The van der Waals surface area contributed by atoms with Crippen molar-refractivity contribution >= 4 is 11.8 Å². The summed E-state index contributed by atoms with van der Waals surface area (Å²) in [4.78, 5) is 23.8. The van der Waals surface area contributed by atoms with Crippen LogP contribution in [0.5, 0.6) is 0 Å². The third-order valence-corrected chi connectivity index (χ3v) is 4.05. The molecule has 0 heterocycles. The van der Waals surface area contributed by atoms with Gasteiger partial charge in [0.25, 0.3) is 5.91 Å². The van der Waals surface area contributed by atoms with Crippen LogP contribution in [0.25, 0.3) is 0 Å². The predicted octanol–water partition coefficient (Wildman–Crippen LogP) is 2.00. The summed E-state index contributed by atoms with van der Waals surface area (Å²) in [5.74, 6) is -0.563. The highest BCUT2D eigenvalue weighted by molar-refractivity contribution is 5.93. The molecule has 2 rings (SSSR count). The molecule has 0 aromatic heterocycles. The molecular formula is C19H23N3O2. The van der Waals surface area contributed by atoms with E-state index >= 15 is 0 Å². The SMILES string of the molecule is CNC(=O)c1ccc(CNC(=O)C(C)C(N)c2ccccc2)cc1. The molecule has 24 heavy (non-hydrogen) atoms. The molecule has 0 aliphatic rings. The molecule has 126 valence electrons. The van der Waals surface area contributed by atoms with Crippen molar-refractivity contribution in [3.8, 4) is 0 Å². The summed E-state index contributed by atoms with van der Waals surface area (Å²) in [6, 6.07) is 16.4. The van der Waals surface area contributed by atoms with Gasteiger partial charge in [0.15, 0.2) is 0 Å². The Bertz CT molecular complexity index is 684. The summed E-state index contributed by atoms with van der Waals surface area (Å²) in [5.41, 5.74) is 8.63. The van der Waals surface area contributed by atoms with Crippen LogP contribution in [0.1, 0.15) is 34.5 Å². The van der Waals surface area contributed by atoms with Crippen molar-refractivity contribution in [1.29, 1.82) is 0 Å². The molecular weight excluding hydrogens is 302 g/mol. The number of amides is 2. The number of hydrogen-bond donors (Lipinski definition) is 3. The van der Waals surface area contributed by atoms with Gasteiger partial charge in [0, 0.05) is 25.2 Å². The summed E-state index contributed by atoms with van der Waals surface area (Å²) in [5, 5.41) is 5.46. The number of nitrogens with two attached hydrogens (primary N) is 1. The Morgan fingerprint density at radius 1 is 1.04 bits per heavy atom. The van der Waals surface area contributed by atoms with E-state index in [0.29, 0.717) is 12.1 Å². The van der Waals surface area contributed by atoms with Gasteiger partial charge in [-0.25, -0.2) is 0 Å². The lowest BCUT2D eigenvalue weighted by Gasteiger charge is -2.20. The number of carbonyl (C=O) groups is 2. The maximum absolute atomic E-state index is 12.3. The molecule has 0 saturated heterocycles. The highest BCUT2D eigenvalue weighted by Gasteiger charge is 2.21. The summed E-state index contributed by atoms with van der Waals surface area (Å²) >= 11 is 0. The van der Waals surface area contributed by atoms with E-state index in [-0.39, 0.29) is 23.8 Å². The topological polar surface area (TPSA) is 84.2 Å². The van der Waals surface area contributed by atoms with Gasteiger partial charge < -0.3 is 16.4 Å².